The average molecular weight is 287 g/mol. The van der Waals surface area contributed by atoms with Crippen LogP contribution in [0.25, 0.3) is 0 Å². The van der Waals surface area contributed by atoms with Gasteiger partial charge in [-0.25, -0.2) is 9.38 Å². The van der Waals surface area contributed by atoms with Crippen LogP contribution in [0.15, 0.2) is 17.1 Å². The Labute approximate surface area is 114 Å². The topological polar surface area (TPSA) is 35.8 Å². The van der Waals surface area contributed by atoms with Gasteiger partial charge in [0.25, 0.3) is 0 Å². The minimum absolute atomic E-state index is 0.00886. The average Bonchev–Trinajstić information content (AvgIpc) is 2.90. The molecule has 1 atom stereocenters. The van der Waals surface area contributed by atoms with Gasteiger partial charge in [0, 0.05) is 24.4 Å². The van der Waals surface area contributed by atoms with Crippen LogP contribution >= 0.6 is 23.4 Å². The van der Waals surface area contributed by atoms with Crippen LogP contribution in [0, 0.1) is 5.82 Å². The summed E-state index contributed by atoms with van der Waals surface area (Å²) in [6.45, 7) is 0.984. The lowest BCUT2D eigenvalue weighted by atomic mass is 10.2. The van der Waals surface area contributed by atoms with E-state index in [1.807, 2.05) is 0 Å². The summed E-state index contributed by atoms with van der Waals surface area (Å²) in [5.41, 5.74) is 0.145. The second-order valence-corrected chi connectivity index (χ2v) is 5.84. The van der Waals surface area contributed by atoms with Crippen molar-refractivity contribution in [3.8, 4) is 5.75 Å². The van der Waals surface area contributed by atoms with Gasteiger partial charge in [-0.15, -0.1) is 0 Å². The summed E-state index contributed by atoms with van der Waals surface area (Å²) < 4.78 is 13.7. The lowest BCUT2D eigenvalue weighted by Crippen LogP contribution is -2.27. The molecule has 0 amide bonds. The first kappa shape index (κ1) is 12.1. The summed E-state index contributed by atoms with van der Waals surface area (Å²) in [5.74, 6) is 0.368. The number of rotatable bonds is 1. The van der Waals surface area contributed by atoms with Gasteiger partial charge in [0.15, 0.2) is 11.0 Å². The number of nitrogens with zero attached hydrogens (tertiary/aromatic N) is 2. The van der Waals surface area contributed by atoms with E-state index in [-0.39, 0.29) is 16.5 Å². The van der Waals surface area contributed by atoms with Crippen LogP contribution < -0.4 is 0 Å². The van der Waals surface area contributed by atoms with E-state index in [0.717, 1.165) is 23.5 Å². The fourth-order valence-electron chi connectivity index (χ4n) is 2.33. The molecule has 18 heavy (non-hydrogen) atoms. The summed E-state index contributed by atoms with van der Waals surface area (Å²) in [5, 5.41) is 10.4. The molecule has 0 bridgehead atoms. The zero-order chi connectivity index (χ0) is 12.7. The molecule has 1 aromatic carbocycles. The van der Waals surface area contributed by atoms with E-state index in [1.165, 1.54) is 18.9 Å². The predicted molar refractivity (Wildman–Crippen MR) is 72.4 cm³/mol. The van der Waals surface area contributed by atoms with E-state index < -0.39 is 5.82 Å². The quantitative estimate of drug-likeness (QED) is 0.860. The Hall–Kier alpha value is -0.940. The Balaban J connectivity index is 1.94. The fraction of sp³-hybridized carbons (Fsp3) is 0.417. The normalized spacial score (nSPS) is 24.9. The van der Waals surface area contributed by atoms with E-state index in [4.69, 9.17) is 11.6 Å². The maximum absolute atomic E-state index is 13.7. The first-order valence-electron chi connectivity index (χ1n) is 5.81. The molecule has 96 valence electrons. The molecular formula is C12H12ClFN2OS. The smallest absolute Gasteiger partial charge is 0.164 e. The molecule has 2 fully saturated rings. The Morgan fingerprint density at radius 3 is 3.17 bits per heavy atom. The van der Waals surface area contributed by atoms with E-state index in [9.17, 15) is 9.50 Å². The zero-order valence-corrected chi connectivity index (χ0v) is 11.1. The van der Waals surface area contributed by atoms with Crippen molar-refractivity contribution in [1.82, 2.24) is 4.90 Å². The Bertz CT molecular complexity index is 523. The number of halogens is 2. The molecule has 0 spiro atoms. The number of phenolic OH excluding ortho intramolecular Hbond substituents is 1. The molecule has 3 rings (SSSR count). The highest BCUT2D eigenvalue weighted by Gasteiger charge is 2.33. The van der Waals surface area contributed by atoms with Crippen molar-refractivity contribution in [2.75, 3.05) is 12.3 Å². The summed E-state index contributed by atoms with van der Waals surface area (Å²) >= 11 is 7.28. The predicted octanol–water partition coefficient (Wildman–Crippen LogP) is 3.38. The second-order valence-electron chi connectivity index (χ2n) is 4.45. The molecule has 2 aliphatic heterocycles. The summed E-state index contributed by atoms with van der Waals surface area (Å²) in [6.07, 6.45) is 2.35. The first-order chi connectivity index (χ1) is 8.65. The molecule has 1 N–H and O–H groups in total. The van der Waals surface area contributed by atoms with Gasteiger partial charge in [-0.3, -0.25) is 0 Å². The molecule has 0 aliphatic carbocycles. The number of phenols is 1. The van der Waals surface area contributed by atoms with Gasteiger partial charge in [0.2, 0.25) is 0 Å². The monoisotopic (exact) mass is 286 g/mol. The molecule has 2 heterocycles. The lowest BCUT2D eigenvalue weighted by molar-refractivity contribution is 0.439. The third kappa shape index (κ3) is 2.06. The van der Waals surface area contributed by atoms with Crippen LogP contribution in [0.5, 0.6) is 5.75 Å². The number of hydrogen-bond acceptors (Lipinski definition) is 3. The minimum atomic E-state index is -0.506. The Morgan fingerprint density at radius 1 is 1.50 bits per heavy atom. The number of aliphatic imine (C=N–C) groups is 1. The second kappa shape index (κ2) is 4.63. The van der Waals surface area contributed by atoms with Gasteiger partial charge in [0.1, 0.15) is 11.4 Å². The van der Waals surface area contributed by atoms with Crippen molar-refractivity contribution in [2.24, 2.45) is 4.99 Å². The highest BCUT2D eigenvalue weighted by molar-refractivity contribution is 8.14. The lowest BCUT2D eigenvalue weighted by Gasteiger charge is -2.16. The number of hydrogen-bond donors (Lipinski definition) is 1. The van der Waals surface area contributed by atoms with Crippen LogP contribution in [0.2, 0.25) is 5.02 Å². The van der Waals surface area contributed by atoms with Crippen molar-refractivity contribution in [3.63, 3.8) is 0 Å². The number of amidine groups is 1. The molecule has 6 heteroatoms. The maximum atomic E-state index is 13.7. The molecule has 3 nitrogen and oxygen atoms in total. The molecule has 2 aliphatic rings. The first-order valence-corrected chi connectivity index (χ1v) is 7.17. The molecule has 2 saturated heterocycles. The molecule has 1 aromatic rings. The van der Waals surface area contributed by atoms with Gasteiger partial charge in [0.05, 0.1) is 5.02 Å². The van der Waals surface area contributed by atoms with Crippen molar-refractivity contribution in [2.45, 2.75) is 18.9 Å². The van der Waals surface area contributed by atoms with Gasteiger partial charge in [-0.05, 0) is 18.9 Å². The number of aromatic hydroxyl groups is 1. The molecule has 1 unspecified atom stereocenters. The molecule has 0 aromatic heterocycles. The van der Waals surface area contributed by atoms with Crippen LogP contribution in [-0.4, -0.2) is 33.5 Å². The summed E-state index contributed by atoms with van der Waals surface area (Å²) in [4.78, 5) is 6.53. The third-order valence-corrected chi connectivity index (χ3v) is 4.70. The number of benzene rings is 1. The molecular weight excluding hydrogens is 275 g/mol. The van der Waals surface area contributed by atoms with Gasteiger partial charge in [-0.1, -0.05) is 23.4 Å². The highest BCUT2D eigenvalue weighted by Crippen LogP contribution is 2.36. The van der Waals surface area contributed by atoms with Gasteiger partial charge < -0.3 is 10.0 Å². The minimum Gasteiger partial charge on any atom is -0.506 e. The van der Waals surface area contributed by atoms with Gasteiger partial charge in [-0.2, -0.15) is 0 Å². The standard InChI is InChI=1S/C12H12ClFN2OS/c13-8-4-9(14)10(5-11(8)17)15-12-16-3-1-2-7(16)6-18-12/h4-5,7,17H,1-3,6H2/b15-12+. The SMILES string of the molecule is Oc1cc(/N=C2/SCC3CCCN23)c(F)cc1Cl. The molecule has 0 saturated carbocycles. The largest absolute Gasteiger partial charge is 0.506 e. The maximum Gasteiger partial charge on any atom is 0.164 e. The van der Waals surface area contributed by atoms with Crippen molar-refractivity contribution in [1.29, 1.82) is 0 Å². The number of thioether (sulfide) groups is 1. The van der Waals surface area contributed by atoms with Crippen molar-refractivity contribution in [3.05, 3.63) is 23.0 Å². The third-order valence-electron chi connectivity index (χ3n) is 3.26. The summed E-state index contributed by atoms with van der Waals surface area (Å²) in [7, 11) is 0. The Kier molecular flexibility index (Phi) is 3.11. The fourth-order valence-corrected chi connectivity index (χ4v) is 3.73. The van der Waals surface area contributed by atoms with Crippen LogP contribution in [0.4, 0.5) is 10.1 Å². The van der Waals surface area contributed by atoms with Crippen molar-refractivity contribution < 1.29 is 9.50 Å². The van der Waals surface area contributed by atoms with Crippen LogP contribution in [0.1, 0.15) is 12.8 Å². The van der Waals surface area contributed by atoms with E-state index >= 15 is 0 Å². The summed E-state index contributed by atoms with van der Waals surface area (Å²) in [6, 6.07) is 2.91. The van der Waals surface area contributed by atoms with E-state index in [0.29, 0.717) is 6.04 Å². The van der Waals surface area contributed by atoms with Crippen molar-refractivity contribution >= 4 is 34.2 Å². The van der Waals surface area contributed by atoms with E-state index in [1.54, 1.807) is 11.8 Å². The number of fused-ring (bicyclic) bond motifs is 1. The van der Waals surface area contributed by atoms with Gasteiger partial charge >= 0.3 is 0 Å². The van der Waals surface area contributed by atoms with E-state index in [2.05, 4.69) is 9.89 Å². The van der Waals surface area contributed by atoms with Crippen LogP contribution in [0.3, 0.4) is 0 Å². The Morgan fingerprint density at radius 2 is 2.33 bits per heavy atom. The zero-order valence-electron chi connectivity index (χ0n) is 9.57. The van der Waals surface area contributed by atoms with Crippen LogP contribution in [-0.2, 0) is 0 Å². The highest BCUT2D eigenvalue weighted by atomic mass is 35.5. The molecule has 0 radical (unpaired) electrons.